The van der Waals surface area contributed by atoms with Crippen LogP contribution in [-0.2, 0) is 4.79 Å². The largest absolute Gasteiger partial charge is 0.324 e. The Labute approximate surface area is 104 Å². The zero-order chi connectivity index (χ0) is 12.1. The highest BCUT2D eigenvalue weighted by molar-refractivity contribution is 9.10. The summed E-state index contributed by atoms with van der Waals surface area (Å²) in [4.78, 5) is 15.6. The van der Waals surface area contributed by atoms with Gasteiger partial charge in [0.25, 0.3) is 0 Å². The van der Waals surface area contributed by atoms with Gasteiger partial charge < -0.3 is 11.1 Å². The van der Waals surface area contributed by atoms with Crippen molar-refractivity contribution in [3.05, 3.63) is 22.9 Å². The second-order valence-corrected chi connectivity index (χ2v) is 4.94. The number of nitrogens with two attached hydrogens (primary N) is 1. The second-order valence-electron chi connectivity index (χ2n) is 4.08. The Morgan fingerprint density at radius 2 is 2.31 bits per heavy atom. The van der Waals surface area contributed by atoms with Gasteiger partial charge in [-0.2, -0.15) is 0 Å². The van der Waals surface area contributed by atoms with E-state index in [2.05, 4.69) is 26.2 Å². The minimum absolute atomic E-state index is 0.166. The number of rotatable bonds is 4. The summed E-state index contributed by atoms with van der Waals surface area (Å²) < 4.78 is 0.750. The molecule has 16 heavy (non-hydrogen) atoms. The first kappa shape index (κ1) is 13.1. The van der Waals surface area contributed by atoms with Gasteiger partial charge in [-0.25, -0.2) is 0 Å². The van der Waals surface area contributed by atoms with Crippen molar-refractivity contribution < 1.29 is 4.79 Å². The molecule has 1 atom stereocenters. The van der Waals surface area contributed by atoms with Crippen LogP contribution in [0.25, 0.3) is 0 Å². The van der Waals surface area contributed by atoms with Crippen molar-refractivity contribution in [1.29, 1.82) is 0 Å². The van der Waals surface area contributed by atoms with E-state index in [1.165, 1.54) is 0 Å². The van der Waals surface area contributed by atoms with E-state index in [9.17, 15) is 4.79 Å². The maximum absolute atomic E-state index is 11.7. The van der Waals surface area contributed by atoms with Crippen molar-refractivity contribution in [2.24, 2.45) is 11.7 Å². The van der Waals surface area contributed by atoms with E-state index in [1.807, 2.05) is 13.8 Å². The van der Waals surface area contributed by atoms with Gasteiger partial charge in [-0.1, -0.05) is 13.8 Å². The molecule has 0 fully saturated rings. The lowest BCUT2D eigenvalue weighted by atomic mass is 10.0. The van der Waals surface area contributed by atoms with Crippen LogP contribution in [0.5, 0.6) is 0 Å². The van der Waals surface area contributed by atoms with E-state index >= 15 is 0 Å². The van der Waals surface area contributed by atoms with Crippen LogP contribution >= 0.6 is 15.9 Å². The van der Waals surface area contributed by atoms with E-state index in [0.29, 0.717) is 18.0 Å². The first-order chi connectivity index (χ1) is 7.50. The summed E-state index contributed by atoms with van der Waals surface area (Å²) in [7, 11) is 0. The third kappa shape index (κ3) is 3.90. The fourth-order valence-electron chi connectivity index (χ4n) is 1.32. The summed E-state index contributed by atoms with van der Waals surface area (Å²) in [6.07, 6.45) is 3.92. The van der Waals surface area contributed by atoms with Crippen LogP contribution in [0.3, 0.4) is 0 Å². The van der Waals surface area contributed by atoms with Gasteiger partial charge in [0.2, 0.25) is 5.91 Å². The molecule has 0 aromatic carbocycles. The van der Waals surface area contributed by atoms with Crippen LogP contribution in [0, 0.1) is 5.92 Å². The van der Waals surface area contributed by atoms with Crippen molar-refractivity contribution in [1.82, 2.24) is 4.98 Å². The van der Waals surface area contributed by atoms with E-state index in [1.54, 1.807) is 18.5 Å². The number of carbonyl (C=O) groups is 1. The smallest absolute Gasteiger partial charge is 0.241 e. The van der Waals surface area contributed by atoms with Crippen molar-refractivity contribution in [3.63, 3.8) is 0 Å². The zero-order valence-electron chi connectivity index (χ0n) is 9.40. The quantitative estimate of drug-likeness (QED) is 0.891. The molecular formula is C11H16BrN3O. The van der Waals surface area contributed by atoms with Crippen LogP contribution in [0.4, 0.5) is 5.69 Å². The lowest BCUT2D eigenvalue weighted by Crippen LogP contribution is -2.36. The van der Waals surface area contributed by atoms with Crippen LogP contribution in [0.15, 0.2) is 22.9 Å². The summed E-state index contributed by atoms with van der Waals surface area (Å²) in [5, 5.41) is 2.76. The summed E-state index contributed by atoms with van der Waals surface area (Å²) in [5.41, 5.74) is 6.47. The molecule has 3 N–H and O–H groups in total. The van der Waals surface area contributed by atoms with Crippen molar-refractivity contribution >= 4 is 27.5 Å². The molecule has 0 bridgehead atoms. The molecule has 1 amide bonds. The maximum Gasteiger partial charge on any atom is 0.241 e. The molecule has 0 unspecified atom stereocenters. The standard InChI is InChI=1S/C11H16BrN3O/c1-7(2)5-9(13)11(16)15-10-3-4-14-6-8(10)12/h3-4,6-7,9H,5,13H2,1-2H3,(H,14,15,16)/t9-/m0/s1. The molecule has 0 saturated carbocycles. The number of nitrogens with zero attached hydrogens (tertiary/aromatic N) is 1. The number of hydrogen-bond donors (Lipinski definition) is 2. The van der Waals surface area contributed by atoms with E-state index in [0.717, 1.165) is 4.47 Å². The number of pyridine rings is 1. The van der Waals surface area contributed by atoms with Crippen LogP contribution in [-0.4, -0.2) is 16.9 Å². The third-order valence-electron chi connectivity index (χ3n) is 2.09. The van der Waals surface area contributed by atoms with Gasteiger partial charge in [0, 0.05) is 12.4 Å². The van der Waals surface area contributed by atoms with Crippen molar-refractivity contribution in [2.45, 2.75) is 26.3 Å². The van der Waals surface area contributed by atoms with Crippen molar-refractivity contribution in [3.8, 4) is 0 Å². The van der Waals surface area contributed by atoms with Gasteiger partial charge in [0.15, 0.2) is 0 Å². The molecule has 1 rings (SSSR count). The maximum atomic E-state index is 11.7. The van der Waals surface area contributed by atoms with Crippen LogP contribution < -0.4 is 11.1 Å². The number of halogens is 1. The van der Waals surface area contributed by atoms with E-state index in [-0.39, 0.29) is 5.91 Å². The molecule has 5 heteroatoms. The number of hydrogen-bond acceptors (Lipinski definition) is 3. The summed E-state index contributed by atoms with van der Waals surface area (Å²) in [5.74, 6) is 0.238. The Hall–Kier alpha value is -0.940. The zero-order valence-corrected chi connectivity index (χ0v) is 11.0. The average molecular weight is 286 g/mol. The highest BCUT2D eigenvalue weighted by Crippen LogP contribution is 2.20. The number of anilines is 1. The monoisotopic (exact) mass is 285 g/mol. The minimum Gasteiger partial charge on any atom is -0.324 e. The van der Waals surface area contributed by atoms with Gasteiger partial charge in [0.1, 0.15) is 0 Å². The Bertz CT molecular complexity index is 368. The Morgan fingerprint density at radius 1 is 1.62 bits per heavy atom. The SMILES string of the molecule is CC(C)C[C@H](N)C(=O)Nc1ccncc1Br. The fourth-order valence-corrected chi connectivity index (χ4v) is 1.67. The molecule has 0 aliphatic carbocycles. The summed E-state index contributed by atoms with van der Waals surface area (Å²) >= 11 is 3.31. The third-order valence-corrected chi connectivity index (χ3v) is 2.72. The van der Waals surface area contributed by atoms with Gasteiger partial charge in [-0.05, 0) is 34.3 Å². The normalized spacial score (nSPS) is 12.6. The molecule has 1 aromatic rings. The van der Waals surface area contributed by atoms with Gasteiger partial charge >= 0.3 is 0 Å². The average Bonchev–Trinajstić information content (AvgIpc) is 2.20. The molecular weight excluding hydrogens is 270 g/mol. The predicted molar refractivity (Wildman–Crippen MR) is 68.0 cm³/mol. The van der Waals surface area contributed by atoms with Crippen LogP contribution in [0.2, 0.25) is 0 Å². The molecule has 4 nitrogen and oxygen atoms in total. The molecule has 1 heterocycles. The number of carbonyl (C=O) groups excluding carboxylic acids is 1. The molecule has 0 aliphatic heterocycles. The number of aromatic nitrogens is 1. The van der Waals surface area contributed by atoms with Crippen LogP contribution in [0.1, 0.15) is 20.3 Å². The molecule has 88 valence electrons. The Morgan fingerprint density at radius 3 is 2.88 bits per heavy atom. The lowest BCUT2D eigenvalue weighted by Gasteiger charge is -2.14. The molecule has 1 aromatic heterocycles. The Balaban J connectivity index is 2.61. The highest BCUT2D eigenvalue weighted by atomic mass is 79.9. The lowest BCUT2D eigenvalue weighted by molar-refractivity contribution is -0.117. The van der Waals surface area contributed by atoms with Gasteiger partial charge in [-0.3, -0.25) is 9.78 Å². The second kappa shape index (κ2) is 5.96. The first-order valence-corrected chi connectivity index (χ1v) is 5.96. The fraction of sp³-hybridized carbons (Fsp3) is 0.455. The number of nitrogens with one attached hydrogen (secondary N) is 1. The minimum atomic E-state index is -0.472. The van der Waals surface area contributed by atoms with E-state index in [4.69, 9.17) is 5.73 Å². The summed E-state index contributed by atoms with van der Waals surface area (Å²) in [6.45, 7) is 4.07. The Kier molecular flexibility index (Phi) is 4.89. The predicted octanol–water partition coefficient (Wildman–Crippen LogP) is 2.16. The van der Waals surface area contributed by atoms with Gasteiger partial charge in [-0.15, -0.1) is 0 Å². The molecule has 0 radical (unpaired) electrons. The van der Waals surface area contributed by atoms with E-state index < -0.39 is 6.04 Å². The number of amides is 1. The topological polar surface area (TPSA) is 68.0 Å². The summed E-state index contributed by atoms with van der Waals surface area (Å²) in [6, 6.07) is 1.25. The molecule has 0 aliphatic rings. The molecule has 0 saturated heterocycles. The molecule has 0 spiro atoms. The van der Waals surface area contributed by atoms with Crippen molar-refractivity contribution in [2.75, 3.05) is 5.32 Å². The first-order valence-electron chi connectivity index (χ1n) is 5.16. The highest BCUT2D eigenvalue weighted by Gasteiger charge is 2.15. The van der Waals surface area contributed by atoms with Gasteiger partial charge in [0.05, 0.1) is 16.2 Å².